The van der Waals surface area contributed by atoms with Gasteiger partial charge in [0.25, 0.3) is 0 Å². The first-order chi connectivity index (χ1) is 9.69. The number of hydrogen-bond donors (Lipinski definition) is 0. The van der Waals surface area contributed by atoms with Gasteiger partial charge in [0.15, 0.2) is 12.2 Å². The summed E-state index contributed by atoms with van der Waals surface area (Å²) in [7, 11) is 0. The van der Waals surface area contributed by atoms with E-state index in [4.69, 9.17) is 9.47 Å². The Bertz CT molecular complexity index is 314. The number of rotatable bonds is 10. The lowest BCUT2D eigenvalue weighted by atomic mass is 10.1. The largest absolute Gasteiger partial charge is 0.448 e. The molecule has 0 aromatic rings. The predicted octanol–water partition coefficient (Wildman–Crippen LogP) is 3.32. The van der Waals surface area contributed by atoms with Gasteiger partial charge in [-0.1, -0.05) is 12.2 Å². The van der Waals surface area contributed by atoms with E-state index >= 15 is 0 Å². The van der Waals surface area contributed by atoms with Crippen molar-refractivity contribution < 1.29 is 19.1 Å². The van der Waals surface area contributed by atoms with Crippen LogP contribution in [0.25, 0.3) is 0 Å². The van der Waals surface area contributed by atoms with Crippen molar-refractivity contribution in [3.63, 3.8) is 0 Å². The number of carbonyl (C=O) groups excluding carboxylic acids is 2. The zero-order valence-corrected chi connectivity index (χ0v) is 12.0. The predicted molar refractivity (Wildman–Crippen MR) is 77.1 cm³/mol. The van der Waals surface area contributed by atoms with Gasteiger partial charge in [-0.05, 0) is 51.4 Å². The van der Waals surface area contributed by atoms with Crippen LogP contribution >= 0.6 is 0 Å². The Hall–Kier alpha value is -1.58. The average Bonchev–Trinajstić information content (AvgIpc) is 2.44. The van der Waals surface area contributed by atoms with E-state index in [1.807, 2.05) is 12.2 Å². The summed E-state index contributed by atoms with van der Waals surface area (Å²) in [5, 5.41) is 0. The molecule has 1 saturated heterocycles. The number of unbranched alkanes of at least 4 members (excludes halogenated alkanes) is 4. The smallest absolute Gasteiger partial charge is 0.348 e. The fraction of sp³-hybridized carbons (Fsp3) is 0.625. The summed E-state index contributed by atoms with van der Waals surface area (Å²) in [5.74, 6) is -0.811. The quantitative estimate of drug-likeness (QED) is 0.350. The van der Waals surface area contributed by atoms with Crippen LogP contribution in [0.5, 0.6) is 0 Å². The van der Waals surface area contributed by atoms with Gasteiger partial charge in [-0.3, -0.25) is 0 Å². The van der Waals surface area contributed by atoms with Gasteiger partial charge in [-0.25, -0.2) is 9.59 Å². The fourth-order valence-electron chi connectivity index (χ4n) is 2.12. The molecule has 20 heavy (non-hydrogen) atoms. The van der Waals surface area contributed by atoms with Crippen LogP contribution in [0.1, 0.15) is 51.4 Å². The summed E-state index contributed by atoms with van der Waals surface area (Å²) in [4.78, 5) is 23.5. The van der Waals surface area contributed by atoms with Gasteiger partial charge in [0.05, 0.1) is 0 Å². The molecule has 1 heterocycles. The molecule has 1 rings (SSSR count). The van der Waals surface area contributed by atoms with Gasteiger partial charge in [0, 0.05) is 0 Å². The Morgan fingerprint density at radius 2 is 1.20 bits per heavy atom. The number of hydrogen-bond acceptors (Lipinski definition) is 4. The maximum absolute atomic E-state index is 11.8. The summed E-state index contributed by atoms with van der Waals surface area (Å²) in [6.07, 6.45) is 8.62. The lowest BCUT2D eigenvalue weighted by molar-refractivity contribution is -0.196. The van der Waals surface area contributed by atoms with Crippen molar-refractivity contribution in [1.82, 2.24) is 0 Å². The Kier molecular flexibility index (Phi) is 7.70. The lowest BCUT2D eigenvalue weighted by Gasteiger charge is -2.27. The van der Waals surface area contributed by atoms with E-state index < -0.39 is 24.1 Å². The van der Waals surface area contributed by atoms with Gasteiger partial charge < -0.3 is 9.47 Å². The van der Waals surface area contributed by atoms with Crippen LogP contribution in [0.4, 0.5) is 0 Å². The van der Waals surface area contributed by atoms with Gasteiger partial charge in [-0.2, -0.15) is 0 Å². The summed E-state index contributed by atoms with van der Waals surface area (Å²) in [6.45, 7) is 7.28. The topological polar surface area (TPSA) is 52.6 Å². The number of allylic oxidation sites excluding steroid dienone is 2. The monoisotopic (exact) mass is 280 g/mol. The maximum Gasteiger partial charge on any atom is 0.348 e. The molecule has 0 aromatic heterocycles. The molecule has 0 amide bonds. The Labute approximate surface area is 120 Å². The van der Waals surface area contributed by atoms with Crippen LogP contribution < -0.4 is 0 Å². The summed E-state index contributed by atoms with van der Waals surface area (Å²) in [5.41, 5.74) is 0. The fourth-order valence-corrected chi connectivity index (χ4v) is 2.12. The molecule has 0 bridgehead atoms. The molecule has 0 spiro atoms. The molecule has 1 fully saturated rings. The van der Waals surface area contributed by atoms with Crippen LogP contribution in [0.3, 0.4) is 0 Å². The minimum Gasteiger partial charge on any atom is -0.448 e. The highest BCUT2D eigenvalue weighted by molar-refractivity contribution is 5.87. The highest BCUT2D eigenvalue weighted by Crippen LogP contribution is 2.19. The number of carbonyl (C=O) groups is 2. The first kappa shape index (κ1) is 16.5. The van der Waals surface area contributed by atoms with Gasteiger partial charge in [-0.15, -0.1) is 13.2 Å². The molecule has 0 N–H and O–H groups in total. The molecule has 4 nitrogen and oxygen atoms in total. The van der Waals surface area contributed by atoms with Gasteiger partial charge in [0.2, 0.25) is 0 Å². The number of ether oxygens (including phenoxy) is 2. The van der Waals surface area contributed by atoms with Crippen LogP contribution in [0.2, 0.25) is 0 Å². The lowest BCUT2D eigenvalue weighted by Crippen LogP contribution is -2.43. The molecule has 4 heteroatoms. The maximum atomic E-state index is 11.8. The molecule has 2 atom stereocenters. The Balaban J connectivity index is 2.30. The van der Waals surface area contributed by atoms with E-state index in [-0.39, 0.29) is 0 Å². The van der Waals surface area contributed by atoms with E-state index in [0.29, 0.717) is 12.8 Å². The highest BCUT2D eigenvalue weighted by atomic mass is 16.6. The minimum atomic E-state index is -0.725. The SMILES string of the molecule is C=CCCCCC1OC(=O)C(CCCCC=C)OC1=O. The molecule has 0 radical (unpaired) electrons. The highest BCUT2D eigenvalue weighted by Gasteiger charge is 2.37. The van der Waals surface area contributed by atoms with Crippen molar-refractivity contribution in [2.75, 3.05) is 0 Å². The summed E-state index contributed by atoms with van der Waals surface area (Å²) >= 11 is 0. The molecule has 2 unspecified atom stereocenters. The van der Waals surface area contributed by atoms with E-state index in [9.17, 15) is 9.59 Å². The van der Waals surface area contributed by atoms with Crippen LogP contribution in [0.15, 0.2) is 25.3 Å². The van der Waals surface area contributed by atoms with Gasteiger partial charge >= 0.3 is 11.9 Å². The third-order valence-electron chi connectivity index (χ3n) is 3.29. The van der Waals surface area contributed by atoms with Crippen molar-refractivity contribution in [2.24, 2.45) is 0 Å². The van der Waals surface area contributed by atoms with Crippen molar-refractivity contribution >= 4 is 11.9 Å². The van der Waals surface area contributed by atoms with Crippen LogP contribution in [-0.4, -0.2) is 24.1 Å². The number of esters is 2. The summed E-state index contributed by atoms with van der Waals surface area (Å²) in [6, 6.07) is 0. The Morgan fingerprint density at radius 1 is 0.800 bits per heavy atom. The zero-order chi connectivity index (χ0) is 14.8. The molecule has 1 aliphatic heterocycles. The molecule has 0 saturated carbocycles. The van der Waals surface area contributed by atoms with Crippen LogP contribution in [-0.2, 0) is 19.1 Å². The van der Waals surface area contributed by atoms with Crippen molar-refractivity contribution in [3.8, 4) is 0 Å². The zero-order valence-electron chi connectivity index (χ0n) is 12.0. The molecule has 1 aliphatic rings. The third-order valence-corrected chi connectivity index (χ3v) is 3.29. The minimum absolute atomic E-state index is 0.406. The van der Waals surface area contributed by atoms with Crippen molar-refractivity contribution in [2.45, 2.75) is 63.6 Å². The summed E-state index contributed by atoms with van der Waals surface area (Å²) < 4.78 is 10.4. The van der Waals surface area contributed by atoms with E-state index in [0.717, 1.165) is 38.5 Å². The van der Waals surface area contributed by atoms with Crippen LogP contribution in [0, 0.1) is 0 Å². The standard InChI is InChI=1S/C16H24O4/c1-3-5-7-9-11-13-15(17)20-14(16(18)19-13)12-10-8-6-4-2/h3-4,13-14H,1-2,5-12H2. The average molecular weight is 280 g/mol. The second-order valence-electron chi connectivity index (χ2n) is 5.00. The third kappa shape index (κ3) is 5.59. The first-order valence-corrected chi connectivity index (χ1v) is 7.31. The van der Waals surface area contributed by atoms with E-state index in [1.165, 1.54) is 0 Å². The molecule has 0 aliphatic carbocycles. The molecule has 112 valence electrons. The van der Waals surface area contributed by atoms with Gasteiger partial charge in [0.1, 0.15) is 0 Å². The molecule has 0 aromatic carbocycles. The molecular formula is C16H24O4. The second-order valence-corrected chi connectivity index (χ2v) is 5.00. The van der Waals surface area contributed by atoms with E-state index in [1.54, 1.807) is 0 Å². The molecular weight excluding hydrogens is 256 g/mol. The normalized spacial score (nSPS) is 22.0. The first-order valence-electron chi connectivity index (χ1n) is 7.31. The van der Waals surface area contributed by atoms with Crippen molar-refractivity contribution in [1.29, 1.82) is 0 Å². The Morgan fingerprint density at radius 3 is 1.55 bits per heavy atom. The van der Waals surface area contributed by atoms with E-state index in [2.05, 4.69) is 13.2 Å². The second kappa shape index (κ2) is 9.34. The van der Waals surface area contributed by atoms with Crippen molar-refractivity contribution in [3.05, 3.63) is 25.3 Å². The number of cyclic esters (lactones) is 2.